The van der Waals surface area contributed by atoms with E-state index in [9.17, 15) is 4.79 Å². The molecule has 0 unspecified atom stereocenters. The van der Waals surface area contributed by atoms with Crippen molar-refractivity contribution in [3.05, 3.63) is 65.7 Å². The van der Waals surface area contributed by atoms with Crippen LogP contribution in [-0.4, -0.2) is 31.3 Å². The molecule has 0 saturated carbocycles. The minimum atomic E-state index is -0.289. The van der Waals surface area contributed by atoms with E-state index in [0.717, 1.165) is 17.0 Å². The summed E-state index contributed by atoms with van der Waals surface area (Å²) in [4.78, 5) is 11.9. The van der Waals surface area contributed by atoms with E-state index in [1.165, 1.54) is 11.6 Å². The molecule has 0 atom stereocenters. The smallest absolute Gasteiger partial charge is 0.250 e. The van der Waals surface area contributed by atoms with E-state index in [1.54, 1.807) is 13.2 Å². The fourth-order valence-electron chi connectivity index (χ4n) is 2.04. The molecular formula is C20H22N2O3S. The van der Waals surface area contributed by atoms with Gasteiger partial charge in [0.15, 0.2) is 5.11 Å². The van der Waals surface area contributed by atoms with Crippen molar-refractivity contribution in [3.63, 3.8) is 0 Å². The molecule has 0 aliphatic heterocycles. The summed E-state index contributed by atoms with van der Waals surface area (Å²) in [7, 11) is 1.63. The molecule has 1 amide bonds. The first-order valence-corrected chi connectivity index (χ1v) is 8.56. The van der Waals surface area contributed by atoms with E-state index < -0.39 is 0 Å². The van der Waals surface area contributed by atoms with Crippen LogP contribution in [0.4, 0.5) is 5.69 Å². The number of anilines is 1. The largest absolute Gasteiger partial charge is 0.491 e. The van der Waals surface area contributed by atoms with Crippen molar-refractivity contribution in [2.45, 2.75) is 6.92 Å². The molecule has 0 aromatic heterocycles. The minimum Gasteiger partial charge on any atom is -0.491 e. The molecule has 0 radical (unpaired) electrons. The van der Waals surface area contributed by atoms with E-state index >= 15 is 0 Å². The summed E-state index contributed by atoms with van der Waals surface area (Å²) in [6.45, 7) is 3.04. The quantitative estimate of drug-likeness (QED) is 0.443. The second-order valence-electron chi connectivity index (χ2n) is 5.55. The standard InChI is InChI=1S/C20H22N2O3S/c1-15-3-5-16(6-4-15)7-12-19(23)22-20(26)21-17-8-10-18(11-9-17)25-14-13-24-2/h3-12H,13-14H2,1-2H3,(H2,21,22,23,26)/b12-7+. The van der Waals surface area contributed by atoms with E-state index in [0.29, 0.717) is 13.2 Å². The number of nitrogens with one attached hydrogen (secondary N) is 2. The van der Waals surface area contributed by atoms with Crippen LogP contribution in [0, 0.1) is 6.92 Å². The van der Waals surface area contributed by atoms with Gasteiger partial charge in [0.2, 0.25) is 5.91 Å². The number of methoxy groups -OCH3 is 1. The van der Waals surface area contributed by atoms with Crippen LogP contribution in [0.25, 0.3) is 6.08 Å². The van der Waals surface area contributed by atoms with Gasteiger partial charge in [-0.25, -0.2) is 0 Å². The Balaban J connectivity index is 1.80. The number of hydrogen-bond donors (Lipinski definition) is 2. The topological polar surface area (TPSA) is 59.6 Å². The normalized spacial score (nSPS) is 10.5. The third-order valence-corrected chi connectivity index (χ3v) is 3.61. The Kier molecular flexibility index (Phi) is 7.79. The zero-order valence-corrected chi connectivity index (χ0v) is 15.6. The number of carbonyl (C=O) groups is 1. The number of carbonyl (C=O) groups excluding carboxylic acids is 1. The molecule has 5 nitrogen and oxygen atoms in total. The summed E-state index contributed by atoms with van der Waals surface area (Å²) in [6.07, 6.45) is 3.19. The molecular weight excluding hydrogens is 348 g/mol. The number of rotatable bonds is 7. The maximum absolute atomic E-state index is 11.9. The van der Waals surface area contributed by atoms with Gasteiger partial charge in [-0.05, 0) is 55.0 Å². The Bertz CT molecular complexity index is 756. The van der Waals surface area contributed by atoms with Crippen molar-refractivity contribution in [1.82, 2.24) is 5.32 Å². The van der Waals surface area contributed by atoms with Crippen LogP contribution in [0.1, 0.15) is 11.1 Å². The molecule has 0 aliphatic carbocycles. The zero-order valence-electron chi connectivity index (χ0n) is 14.8. The Labute approximate surface area is 159 Å². The van der Waals surface area contributed by atoms with Gasteiger partial charge in [0.1, 0.15) is 12.4 Å². The van der Waals surface area contributed by atoms with Gasteiger partial charge < -0.3 is 14.8 Å². The molecule has 0 aliphatic rings. The highest BCUT2D eigenvalue weighted by molar-refractivity contribution is 7.80. The highest BCUT2D eigenvalue weighted by atomic mass is 32.1. The average molecular weight is 370 g/mol. The van der Waals surface area contributed by atoms with Crippen molar-refractivity contribution >= 4 is 35.0 Å². The highest BCUT2D eigenvalue weighted by Gasteiger charge is 2.02. The van der Waals surface area contributed by atoms with Gasteiger partial charge >= 0.3 is 0 Å². The molecule has 2 N–H and O–H groups in total. The second-order valence-corrected chi connectivity index (χ2v) is 5.96. The Morgan fingerprint density at radius 1 is 1.08 bits per heavy atom. The number of ether oxygens (including phenoxy) is 2. The summed E-state index contributed by atoms with van der Waals surface area (Å²) >= 11 is 5.15. The number of hydrogen-bond acceptors (Lipinski definition) is 4. The SMILES string of the molecule is COCCOc1ccc(NC(=S)NC(=O)/C=C/c2ccc(C)cc2)cc1. The lowest BCUT2D eigenvalue weighted by molar-refractivity contribution is -0.115. The molecule has 2 aromatic carbocycles. The molecule has 2 rings (SSSR count). The molecule has 136 valence electrons. The van der Waals surface area contributed by atoms with Gasteiger partial charge in [-0.2, -0.15) is 0 Å². The van der Waals surface area contributed by atoms with Crippen LogP contribution in [0.5, 0.6) is 5.75 Å². The third kappa shape index (κ3) is 7.04. The summed E-state index contributed by atoms with van der Waals surface area (Å²) in [6, 6.07) is 15.2. The molecule has 2 aromatic rings. The number of benzene rings is 2. The predicted molar refractivity (Wildman–Crippen MR) is 108 cm³/mol. The lowest BCUT2D eigenvalue weighted by atomic mass is 10.1. The first kappa shape index (κ1) is 19.6. The van der Waals surface area contributed by atoms with Crippen LogP contribution in [0.3, 0.4) is 0 Å². The molecule has 0 heterocycles. The fraction of sp³-hybridized carbons (Fsp3) is 0.200. The molecule has 0 spiro atoms. The Hall–Kier alpha value is -2.70. The molecule has 26 heavy (non-hydrogen) atoms. The third-order valence-electron chi connectivity index (χ3n) is 3.41. The summed E-state index contributed by atoms with van der Waals surface area (Å²) in [5, 5.41) is 5.80. The first-order chi connectivity index (χ1) is 12.6. The lowest BCUT2D eigenvalue weighted by Crippen LogP contribution is -2.32. The Morgan fingerprint density at radius 3 is 2.42 bits per heavy atom. The average Bonchev–Trinajstić information content (AvgIpc) is 2.63. The highest BCUT2D eigenvalue weighted by Crippen LogP contribution is 2.15. The van der Waals surface area contributed by atoms with Crippen LogP contribution >= 0.6 is 12.2 Å². The van der Waals surface area contributed by atoms with Crippen LogP contribution in [0.15, 0.2) is 54.6 Å². The summed E-state index contributed by atoms with van der Waals surface area (Å²) in [5.41, 5.74) is 2.89. The van der Waals surface area contributed by atoms with Crippen LogP contribution in [-0.2, 0) is 9.53 Å². The van der Waals surface area contributed by atoms with Gasteiger partial charge in [-0.3, -0.25) is 10.1 Å². The van der Waals surface area contributed by atoms with Crippen molar-refractivity contribution in [3.8, 4) is 5.75 Å². The lowest BCUT2D eigenvalue weighted by Gasteiger charge is -2.09. The van der Waals surface area contributed by atoms with Crippen molar-refractivity contribution in [1.29, 1.82) is 0 Å². The van der Waals surface area contributed by atoms with Crippen molar-refractivity contribution in [2.24, 2.45) is 0 Å². The molecule has 0 saturated heterocycles. The zero-order chi connectivity index (χ0) is 18.8. The van der Waals surface area contributed by atoms with Crippen LogP contribution in [0.2, 0.25) is 0 Å². The predicted octanol–water partition coefficient (Wildman–Crippen LogP) is 3.55. The maximum Gasteiger partial charge on any atom is 0.250 e. The van der Waals surface area contributed by atoms with E-state index in [1.807, 2.05) is 55.5 Å². The monoisotopic (exact) mass is 370 g/mol. The van der Waals surface area contributed by atoms with Crippen molar-refractivity contribution in [2.75, 3.05) is 25.6 Å². The number of amides is 1. The van der Waals surface area contributed by atoms with E-state index in [2.05, 4.69) is 10.6 Å². The van der Waals surface area contributed by atoms with Crippen molar-refractivity contribution < 1.29 is 14.3 Å². The van der Waals surface area contributed by atoms with E-state index in [-0.39, 0.29) is 11.0 Å². The Morgan fingerprint density at radius 2 is 1.77 bits per heavy atom. The molecule has 6 heteroatoms. The first-order valence-electron chi connectivity index (χ1n) is 8.15. The van der Waals surface area contributed by atoms with Gasteiger partial charge in [-0.1, -0.05) is 29.8 Å². The van der Waals surface area contributed by atoms with Gasteiger partial charge in [0.25, 0.3) is 0 Å². The maximum atomic E-state index is 11.9. The minimum absolute atomic E-state index is 0.233. The number of aryl methyl sites for hydroxylation is 1. The van der Waals surface area contributed by atoms with Gasteiger partial charge in [0, 0.05) is 18.9 Å². The molecule has 0 bridgehead atoms. The molecule has 0 fully saturated rings. The van der Waals surface area contributed by atoms with Crippen LogP contribution < -0.4 is 15.4 Å². The summed E-state index contributed by atoms with van der Waals surface area (Å²) in [5.74, 6) is 0.450. The number of thiocarbonyl (C=S) groups is 1. The summed E-state index contributed by atoms with van der Waals surface area (Å²) < 4.78 is 10.4. The second kappa shape index (κ2) is 10.3. The van der Waals surface area contributed by atoms with E-state index in [4.69, 9.17) is 21.7 Å². The van der Waals surface area contributed by atoms with Gasteiger partial charge in [0.05, 0.1) is 6.61 Å². The van der Waals surface area contributed by atoms with Gasteiger partial charge in [-0.15, -0.1) is 0 Å². The fourth-order valence-corrected chi connectivity index (χ4v) is 2.26.